The molecule has 5 nitrogen and oxygen atoms in total. The predicted molar refractivity (Wildman–Crippen MR) is 99.6 cm³/mol. The molecule has 0 aromatic rings. The van der Waals surface area contributed by atoms with Gasteiger partial charge in [-0.05, 0) is 25.7 Å². The Balaban J connectivity index is 2.13. The molecular weight excluding hydrogens is 318 g/mol. The summed E-state index contributed by atoms with van der Waals surface area (Å²) in [5.41, 5.74) is 0. The third kappa shape index (κ3) is 9.13. The first-order chi connectivity index (χ1) is 12.2. The fourth-order valence-corrected chi connectivity index (χ4v) is 3.12. The standard InChI is InChI=1S/C20H37NO4/c1-3-5-7-8-9-10-11-12-17-24-19(22)18-14-13-15-21(18)20(23)25-16-6-4-2/h18H,3-17H2,1-2H3. The van der Waals surface area contributed by atoms with Crippen molar-refractivity contribution in [3.05, 3.63) is 0 Å². The van der Waals surface area contributed by atoms with Crippen molar-refractivity contribution in [2.45, 2.75) is 96.9 Å². The summed E-state index contributed by atoms with van der Waals surface area (Å²) >= 11 is 0. The number of esters is 1. The highest BCUT2D eigenvalue weighted by Gasteiger charge is 2.36. The summed E-state index contributed by atoms with van der Waals surface area (Å²) in [6.07, 6.45) is 12.7. The van der Waals surface area contributed by atoms with Crippen molar-refractivity contribution in [1.82, 2.24) is 4.90 Å². The third-order valence-electron chi connectivity index (χ3n) is 4.73. The molecule has 0 radical (unpaired) electrons. The first-order valence-corrected chi connectivity index (χ1v) is 10.3. The van der Waals surface area contributed by atoms with E-state index >= 15 is 0 Å². The molecule has 1 atom stereocenters. The molecule has 1 saturated heterocycles. The Hall–Kier alpha value is -1.26. The van der Waals surface area contributed by atoms with Crippen LogP contribution in [-0.4, -0.2) is 42.8 Å². The summed E-state index contributed by atoms with van der Waals surface area (Å²) in [6.45, 7) is 5.75. The minimum absolute atomic E-state index is 0.270. The molecule has 0 aliphatic carbocycles. The zero-order valence-corrected chi connectivity index (χ0v) is 16.3. The number of unbranched alkanes of at least 4 members (excludes halogenated alkanes) is 8. The maximum absolute atomic E-state index is 12.2. The van der Waals surface area contributed by atoms with Crippen LogP contribution in [0.5, 0.6) is 0 Å². The van der Waals surface area contributed by atoms with Gasteiger partial charge in [0.05, 0.1) is 13.2 Å². The number of hydrogen-bond donors (Lipinski definition) is 0. The van der Waals surface area contributed by atoms with E-state index in [0.29, 0.717) is 26.2 Å². The van der Waals surface area contributed by atoms with Crippen LogP contribution in [0, 0.1) is 0 Å². The number of amides is 1. The van der Waals surface area contributed by atoms with E-state index in [4.69, 9.17) is 9.47 Å². The van der Waals surface area contributed by atoms with Gasteiger partial charge in [-0.25, -0.2) is 9.59 Å². The summed E-state index contributed by atoms with van der Waals surface area (Å²) in [4.78, 5) is 25.8. The first kappa shape index (κ1) is 21.8. The summed E-state index contributed by atoms with van der Waals surface area (Å²) in [6, 6.07) is -0.455. The zero-order valence-electron chi connectivity index (χ0n) is 16.3. The van der Waals surface area contributed by atoms with Crippen molar-refractivity contribution in [1.29, 1.82) is 0 Å². The Kier molecular flexibility index (Phi) is 12.2. The van der Waals surface area contributed by atoms with E-state index in [2.05, 4.69) is 13.8 Å². The highest BCUT2D eigenvalue weighted by atomic mass is 16.6. The molecule has 1 rings (SSSR count). The maximum Gasteiger partial charge on any atom is 0.410 e. The molecule has 5 heteroatoms. The minimum atomic E-state index is -0.455. The highest BCUT2D eigenvalue weighted by Crippen LogP contribution is 2.20. The minimum Gasteiger partial charge on any atom is -0.464 e. The van der Waals surface area contributed by atoms with Gasteiger partial charge in [0.25, 0.3) is 0 Å². The first-order valence-electron chi connectivity index (χ1n) is 10.3. The second kappa shape index (κ2) is 14.0. The van der Waals surface area contributed by atoms with Crippen molar-refractivity contribution in [3.8, 4) is 0 Å². The lowest BCUT2D eigenvalue weighted by atomic mass is 10.1. The van der Waals surface area contributed by atoms with Crippen LogP contribution >= 0.6 is 0 Å². The smallest absolute Gasteiger partial charge is 0.410 e. The normalized spacial score (nSPS) is 16.9. The van der Waals surface area contributed by atoms with Crippen LogP contribution in [0.2, 0.25) is 0 Å². The lowest BCUT2D eigenvalue weighted by Gasteiger charge is -2.22. The lowest BCUT2D eigenvalue weighted by molar-refractivity contribution is -0.148. The molecule has 0 aromatic heterocycles. The van der Waals surface area contributed by atoms with Gasteiger partial charge in [0, 0.05) is 6.54 Å². The molecule has 0 aromatic carbocycles. The fraction of sp³-hybridized carbons (Fsp3) is 0.900. The molecule has 146 valence electrons. The third-order valence-corrected chi connectivity index (χ3v) is 4.73. The lowest BCUT2D eigenvalue weighted by Crippen LogP contribution is -2.41. The number of ether oxygens (including phenoxy) is 2. The van der Waals surface area contributed by atoms with Crippen LogP contribution in [0.25, 0.3) is 0 Å². The van der Waals surface area contributed by atoms with E-state index in [1.807, 2.05) is 0 Å². The van der Waals surface area contributed by atoms with Crippen LogP contribution in [0.3, 0.4) is 0 Å². The van der Waals surface area contributed by atoms with Gasteiger partial charge in [-0.3, -0.25) is 4.90 Å². The molecule has 1 unspecified atom stereocenters. The molecule has 0 spiro atoms. The van der Waals surface area contributed by atoms with E-state index in [0.717, 1.165) is 32.1 Å². The van der Waals surface area contributed by atoms with Gasteiger partial charge in [-0.15, -0.1) is 0 Å². The Bertz CT molecular complexity index is 373. The molecule has 0 N–H and O–H groups in total. The molecular formula is C20H37NO4. The van der Waals surface area contributed by atoms with Crippen LogP contribution in [-0.2, 0) is 14.3 Å². The van der Waals surface area contributed by atoms with Crippen molar-refractivity contribution >= 4 is 12.1 Å². The summed E-state index contributed by atoms with van der Waals surface area (Å²) < 4.78 is 10.6. The monoisotopic (exact) mass is 355 g/mol. The number of likely N-dealkylation sites (tertiary alicyclic amines) is 1. The predicted octanol–water partition coefficient (Wildman–Crippen LogP) is 5.07. The number of carbonyl (C=O) groups excluding carboxylic acids is 2. The molecule has 0 bridgehead atoms. The summed E-state index contributed by atoms with van der Waals surface area (Å²) in [7, 11) is 0. The average molecular weight is 356 g/mol. The number of rotatable bonds is 13. The van der Waals surface area contributed by atoms with Crippen LogP contribution in [0.1, 0.15) is 90.9 Å². The molecule has 1 aliphatic rings. The largest absolute Gasteiger partial charge is 0.464 e. The van der Waals surface area contributed by atoms with Crippen molar-refractivity contribution in [2.75, 3.05) is 19.8 Å². The fourth-order valence-electron chi connectivity index (χ4n) is 3.12. The van der Waals surface area contributed by atoms with Crippen LogP contribution in [0.15, 0.2) is 0 Å². The second-order valence-corrected chi connectivity index (χ2v) is 6.96. The SMILES string of the molecule is CCCCCCCCCCOC(=O)C1CCCN1C(=O)OCCCC. The summed E-state index contributed by atoms with van der Waals surface area (Å²) in [5.74, 6) is -0.270. The number of carbonyl (C=O) groups is 2. The molecule has 25 heavy (non-hydrogen) atoms. The van der Waals surface area contributed by atoms with Crippen molar-refractivity contribution in [3.63, 3.8) is 0 Å². The second-order valence-electron chi connectivity index (χ2n) is 6.96. The topological polar surface area (TPSA) is 55.8 Å². The van der Waals surface area contributed by atoms with E-state index in [1.165, 1.54) is 43.4 Å². The molecule has 1 fully saturated rings. The molecule has 1 aliphatic heterocycles. The Morgan fingerprint density at radius 1 is 0.840 bits per heavy atom. The van der Waals surface area contributed by atoms with Gasteiger partial charge in [0.15, 0.2) is 0 Å². The van der Waals surface area contributed by atoms with Crippen LogP contribution in [0.4, 0.5) is 4.79 Å². The average Bonchev–Trinajstić information content (AvgIpc) is 3.10. The zero-order chi connectivity index (χ0) is 18.3. The van der Waals surface area contributed by atoms with Gasteiger partial charge >= 0.3 is 12.1 Å². The van der Waals surface area contributed by atoms with E-state index in [-0.39, 0.29) is 12.1 Å². The Morgan fingerprint density at radius 2 is 1.44 bits per heavy atom. The van der Waals surface area contributed by atoms with E-state index in [1.54, 1.807) is 0 Å². The maximum atomic E-state index is 12.2. The highest BCUT2D eigenvalue weighted by molar-refractivity contribution is 5.82. The quantitative estimate of drug-likeness (QED) is 0.342. The van der Waals surface area contributed by atoms with Crippen molar-refractivity contribution < 1.29 is 19.1 Å². The van der Waals surface area contributed by atoms with Crippen molar-refractivity contribution in [2.24, 2.45) is 0 Å². The Labute approximate surface area is 153 Å². The van der Waals surface area contributed by atoms with Gasteiger partial charge in [0.1, 0.15) is 6.04 Å². The van der Waals surface area contributed by atoms with Gasteiger partial charge in [-0.1, -0.05) is 65.2 Å². The van der Waals surface area contributed by atoms with Crippen LogP contribution < -0.4 is 0 Å². The molecule has 1 heterocycles. The van der Waals surface area contributed by atoms with E-state index in [9.17, 15) is 9.59 Å². The van der Waals surface area contributed by atoms with E-state index < -0.39 is 6.04 Å². The Morgan fingerprint density at radius 3 is 2.12 bits per heavy atom. The van der Waals surface area contributed by atoms with Gasteiger partial charge < -0.3 is 9.47 Å². The number of hydrogen-bond acceptors (Lipinski definition) is 4. The number of nitrogens with zero attached hydrogens (tertiary/aromatic N) is 1. The summed E-state index contributed by atoms with van der Waals surface area (Å²) in [5, 5.41) is 0. The molecule has 1 amide bonds. The van der Waals surface area contributed by atoms with Gasteiger partial charge in [0.2, 0.25) is 0 Å². The van der Waals surface area contributed by atoms with Gasteiger partial charge in [-0.2, -0.15) is 0 Å². The molecule has 0 saturated carbocycles.